The molecule has 2 aliphatic carbocycles. The van der Waals surface area contributed by atoms with Gasteiger partial charge in [-0.1, -0.05) is 24.3 Å². The van der Waals surface area contributed by atoms with Gasteiger partial charge in [0.15, 0.2) is 0 Å². The van der Waals surface area contributed by atoms with Gasteiger partial charge in [-0.2, -0.15) is 0 Å². The van der Waals surface area contributed by atoms with Gasteiger partial charge in [-0.25, -0.2) is 9.69 Å². The van der Waals surface area contributed by atoms with Crippen LogP contribution in [0.4, 0.5) is 5.69 Å². The second kappa shape index (κ2) is 5.64. The Labute approximate surface area is 153 Å². The Morgan fingerprint density at radius 2 is 1.77 bits per heavy atom. The summed E-state index contributed by atoms with van der Waals surface area (Å²) in [7, 11) is 0. The number of amides is 2. The van der Waals surface area contributed by atoms with Crippen molar-refractivity contribution >= 4 is 34.8 Å². The number of hydrogen-bond acceptors (Lipinski definition) is 5. The molecule has 0 unspecified atom stereocenters. The second-order valence-corrected chi connectivity index (χ2v) is 7.82. The lowest BCUT2D eigenvalue weighted by Gasteiger charge is -2.17. The Morgan fingerprint density at radius 3 is 2.42 bits per heavy atom. The molecule has 130 valence electrons. The van der Waals surface area contributed by atoms with E-state index in [9.17, 15) is 14.4 Å². The van der Waals surface area contributed by atoms with E-state index in [2.05, 4.69) is 12.2 Å². The smallest absolute Gasteiger partial charge is 0.353 e. The summed E-state index contributed by atoms with van der Waals surface area (Å²) in [6, 6.07) is 10.1. The van der Waals surface area contributed by atoms with Crippen molar-refractivity contribution in [3.63, 3.8) is 0 Å². The first-order valence-electron chi connectivity index (χ1n) is 8.55. The van der Waals surface area contributed by atoms with Crippen molar-refractivity contribution in [3.8, 4) is 5.75 Å². The molecule has 1 saturated heterocycles. The van der Waals surface area contributed by atoms with E-state index < -0.39 is 5.97 Å². The van der Waals surface area contributed by atoms with Crippen LogP contribution in [-0.2, 0) is 9.59 Å². The van der Waals surface area contributed by atoms with Crippen LogP contribution in [0.2, 0.25) is 0 Å². The molecule has 1 saturated carbocycles. The number of ether oxygens (including phenoxy) is 1. The third-order valence-electron chi connectivity index (χ3n) is 5.48. The summed E-state index contributed by atoms with van der Waals surface area (Å²) in [5.41, 5.74) is 0.463. The van der Waals surface area contributed by atoms with E-state index in [0.717, 1.165) is 6.42 Å². The zero-order valence-corrected chi connectivity index (χ0v) is 14.5. The van der Waals surface area contributed by atoms with Crippen molar-refractivity contribution in [1.29, 1.82) is 0 Å². The van der Waals surface area contributed by atoms with E-state index in [1.54, 1.807) is 41.8 Å². The van der Waals surface area contributed by atoms with Crippen LogP contribution < -0.4 is 9.64 Å². The fraction of sp³-hybridized carbons (Fsp3) is 0.250. The molecule has 5 rings (SSSR count). The van der Waals surface area contributed by atoms with Gasteiger partial charge in [-0.3, -0.25) is 9.59 Å². The highest BCUT2D eigenvalue weighted by Crippen LogP contribution is 2.53. The number of imide groups is 1. The number of esters is 1. The van der Waals surface area contributed by atoms with Gasteiger partial charge in [0.2, 0.25) is 11.8 Å². The highest BCUT2D eigenvalue weighted by atomic mass is 32.1. The van der Waals surface area contributed by atoms with E-state index >= 15 is 0 Å². The van der Waals surface area contributed by atoms with Crippen LogP contribution in [-0.4, -0.2) is 17.8 Å². The number of carbonyl (C=O) groups excluding carboxylic acids is 3. The number of rotatable bonds is 3. The monoisotopic (exact) mass is 365 g/mol. The summed E-state index contributed by atoms with van der Waals surface area (Å²) < 4.78 is 5.39. The van der Waals surface area contributed by atoms with Gasteiger partial charge < -0.3 is 4.74 Å². The zero-order chi connectivity index (χ0) is 17.8. The summed E-state index contributed by atoms with van der Waals surface area (Å²) in [5, 5.41) is 1.80. The number of carbonyl (C=O) groups is 3. The molecule has 26 heavy (non-hydrogen) atoms. The average Bonchev–Trinajstić information content (AvgIpc) is 3.39. The highest BCUT2D eigenvalue weighted by Gasteiger charge is 2.59. The predicted octanol–water partition coefficient (Wildman–Crippen LogP) is 3.28. The molecule has 2 heterocycles. The van der Waals surface area contributed by atoms with Crippen LogP contribution in [0, 0.1) is 23.7 Å². The Balaban J connectivity index is 1.42. The van der Waals surface area contributed by atoms with Gasteiger partial charge in [0.1, 0.15) is 10.6 Å². The summed E-state index contributed by atoms with van der Waals surface area (Å²) in [4.78, 5) is 39.6. The minimum atomic E-state index is -0.449. The standard InChI is InChI=1S/C20H15NO4S/c22-18-16-11-6-7-12(9-11)17(16)19(23)21(18)13-3-1-4-14(10-13)25-20(24)15-5-2-8-26-15/h1-8,10-12,16-17H,9H2/t11-,12+,16-,17+. The zero-order valence-electron chi connectivity index (χ0n) is 13.7. The molecule has 4 atom stereocenters. The number of hydrogen-bond donors (Lipinski definition) is 0. The fourth-order valence-corrected chi connectivity index (χ4v) is 4.99. The van der Waals surface area contributed by atoms with E-state index in [-0.39, 0.29) is 35.5 Å². The topological polar surface area (TPSA) is 63.7 Å². The maximum absolute atomic E-state index is 12.9. The SMILES string of the molecule is O=C(Oc1cccc(N2C(=O)[C@@H]3[C@H](C2=O)[C@@H]2C=C[C@H]3C2)c1)c1cccs1. The Morgan fingerprint density at radius 1 is 1.04 bits per heavy atom. The minimum Gasteiger partial charge on any atom is -0.422 e. The lowest BCUT2D eigenvalue weighted by atomic mass is 9.85. The quantitative estimate of drug-likeness (QED) is 0.362. The first-order valence-corrected chi connectivity index (χ1v) is 9.43. The van der Waals surface area contributed by atoms with Crippen LogP contribution in [0.15, 0.2) is 53.9 Å². The number of thiophene rings is 1. The molecular weight excluding hydrogens is 350 g/mol. The summed E-state index contributed by atoms with van der Waals surface area (Å²) >= 11 is 1.30. The van der Waals surface area contributed by atoms with Crippen molar-refractivity contribution in [2.45, 2.75) is 6.42 Å². The van der Waals surface area contributed by atoms with Crippen molar-refractivity contribution in [2.75, 3.05) is 4.90 Å². The van der Waals surface area contributed by atoms with Crippen molar-refractivity contribution in [2.24, 2.45) is 23.7 Å². The van der Waals surface area contributed by atoms with E-state index in [4.69, 9.17) is 4.74 Å². The number of nitrogens with zero attached hydrogens (tertiary/aromatic N) is 1. The third kappa shape index (κ3) is 2.18. The Hall–Kier alpha value is -2.73. The number of benzene rings is 1. The van der Waals surface area contributed by atoms with E-state index in [0.29, 0.717) is 16.3 Å². The van der Waals surface area contributed by atoms with Crippen LogP contribution in [0.3, 0.4) is 0 Å². The molecule has 0 spiro atoms. The number of anilines is 1. The molecule has 1 aromatic heterocycles. The number of allylic oxidation sites excluding steroid dienone is 2. The van der Waals surface area contributed by atoms with Gasteiger partial charge in [-0.05, 0) is 41.8 Å². The fourth-order valence-electron chi connectivity index (χ4n) is 4.39. The molecular formula is C20H15NO4S. The van der Waals surface area contributed by atoms with Gasteiger partial charge in [0.05, 0.1) is 17.5 Å². The van der Waals surface area contributed by atoms with Gasteiger partial charge in [0.25, 0.3) is 0 Å². The van der Waals surface area contributed by atoms with E-state index in [1.807, 2.05) is 0 Å². The normalized spacial score (nSPS) is 28.7. The molecule has 5 nitrogen and oxygen atoms in total. The van der Waals surface area contributed by atoms with Crippen LogP contribution in [0.1, 0.15) is 16.1 Å². The van der Waals surface area contributed by atoms with Crippen LogP contribution >= 0.6 is 11.3 Å². The van der Waals surface area contributed by atoms with Gasteiger partial charge >= 0.3 is 5.97 Å². The molecule has 2 aromatic rings. The summed E-state index contributed by atoms with van der Waals surface area (Å²) in [6.45, 7) is 0. The molecule has 6 heteroatoms. The maximum atomic E-state index is 12.9. The Kier molecular flexibility index (Phi) is 3.37. The van der Waals surface area contributed by atoms with Gasteiger partial charge in [-0.15, -0.1) is 11.3 Å². The minimum absolute atomic E-state index is 0.140. The van der Waals surface area contributed by atoms with Gasteiger partial charge in [0, 0.05) is 6.07 Å². The molecule has 0 radical (unpaired) electrons. The molecule has 2 bridgehead atoms. The maximum Gasteiger partial charge on any atom is 0.353 e. The highest BCUT2D eigenvalue weighted by molar-refractivity contribution is 7.12. The molecule has 0 N–H and O–H groups in total. The average molecular weight is 365 g/mol. The molecule has 2 amide bonds. The lowest BCUT2D eigenvalue weighted by Crippen LogP contribution is -2.32. The summed E-state index contributed by atoms with van der Waals surface area (Å²) in [6.07, 6.45) is 5.04. The second-order valence-electron chi connectivity index (χ2n) is 6.88. The first kappa shape index (κ1) is 15.5. The van der Waals surface area contributed by atoms with Crippen molar-refractivity contribution in [3.05, 3.63) is 58.8 Å². The molecule has 3 aliphatic rings. The summed E-state index contributed by atoms with van der Waals surface area (Å²) in [5.74, 6) is -0.547. The van der Waals surface area contributed by atoms with Crippen molar-refractivity contribution < 1.29 is 19.1 Å². The molecule has 1 aromatic carbocycles. The number of fused-ring (bicyclic) bond motifs is 5. The Bertz CT molecular complexity index is 918. The lowest BCUT2D eigenvalue weighted by molar-refractivity contribution is -0.123. The van der Waals surface area contributed by atoms with Crippen molar-refractivity contribution in [1.82, 2.24) is 0 Å². The van der Waals surface area contributed by atoms with E-state index in [1.165, 1.54) is 16.2 Å². The molecule has 1 aliphatic heterocycles. The predicted molar refractivity (Wildman–Crippen MR) is 95.9 cm³/mol. The first-order chi connectivity index (χ1) is 12.6. The third-order valence-corrected chi connectivity index (χ3v) is 6.33. The molecule has 2 fully saturated rings. The van der Waals surface area contributed by atoms with Crippen LogP contribution in [0.5, 0.6) is 5.75 Å². The van der Waals surface area contributed by atoms with Crippen LogP contribution in [0.25, 0.3) is 0 Å². The largest absolute Gasteiger partial charge is 0.422 e.